The van der Waals surface area contributed by atoms with E-state index in [-0.39, 0.29) is 5.56 Å². The first-order valence-corrected chi connectivity index (χ1v) is 8.38. The lowest BCUT2D eigenvalue weighted by Crippen LogP contribution is -2.22. The first-order valence-electron chi connectivity index (χ1n) is 7.40. The summed E-state index contributed by atoms with van der Waals surface area (Å²) in [5, 5.41) is 1.85. The van der Waals surface area contributed by atoms with E-state index < -0.39 is 0 Å². The van der Waals surface area contributed by atoms with Crippen molar-refractivity contribution in [2.75, 3.05) is 5.75 Å². The topological polar surface area (TPSA) is 50.7 Å². The highest BCUT2D eigenvalue weighted by Crippen LogP contribution is 2.24. The molecule has 0 unspecified atom stereocenters. The molecule has 4 nitrogen and oxygen atoms in total. The first kappa shape index (κ1) is 14.2. The summed E-state index contributed by atoms with van der Waals surface area (Å²) in [5.41, 5.74) is 2.39. The van der Waals surface area contributed by atoms with Crippen LogP contribution in [0.3, 0.4) is 0 Å². The average molecular weight is 301 g/mol. The molecule has 21 heavy (non-hydrogen) atoms. The number of nitrogens with one attached hydrogen (secondary N) is 1. The summed E-state index contributed by atoms with van der Waals surface area (Å²) in [7, 11) is 0. The number of benzene rings is 1. The van der Waals surface area contributed by atoms with Gasteiger partial charge in [0.25, 0.3) is 5.56 Å². The van der Waals surface area contributed by atoms with Crippen LogP contribution in [-0.2, 0) is 6.54 Å². The second-order valence-electron chi connectivity index (χ2n) is 5.04. The van der Waals surface area contributed by atoms with Crippen molar-refractivity contribution >= 4 is 33.7 Å². The van der Waals surface area contributed by atoms with Crippen LogP contribution in [0, 0.1) is 0 Å². The summed E-state index contributed by atoms with van der Waals surface area (Å²) >= 11 is 1.68. The van der Waals surface area contributed by atoms with Gasteiger partial charge in [-0.1, -0.05) is 43.3 Å². The van der Waals surface area contributed by atoms with E-state index in [4.69, 9.17) is 4.98 Å². The summed E-state index contributed by atoms with van der Waals surface area (Å²) in [6.45, 7) is 4.80. The number of thioether (sulfide) groups is 1. The van der Waals surface area contributed by atoms with Crippen LogP contribution in [0.4, 0.5) is 0 Å². The van der Waals surface area contributed by atoms with Crippen molar-refractivity contribution in [1.82, 2.24) is 14.5 Å². The predicted molar refractivity (Wildman–Crippen MR) is 89.2 cm³/mol. The second kappa shape index (κ2) is 5.93. The Hall–Kier alpha value is -1.75. The molecule has 0 spiro atoms. The molecule has 3 aromatic rings. The third kappa shape index (κ3) is 2.46. The number of para-hydroxylation sites is 1. The molecule has 2 heterocycles. The number of H-pyrrole nitrogens is 1. The van der Waals surface area contributed by atoms with Gasteiger partial charge in [0.1, 0.15) is 11.0 Å². The van der Waals surface area contributed by atoms with E-state index in [1.54, 1.807) is 16.3 Å². The lowest BCUT2D eigenvalue weighted by molar-refractivity contribution is 0.633. The van der Waals surface area contributed by atoms with Gasteiger partial charge in [-0.15, -0.1) is 0 Å². The molecule has 0 amide bonds. The standard InChI is InChI=1S/C16H19N3OS/c1-3-5-10-21-16-18-13-11-8-6-7-9-12(11)17-14(13)15(20)19(16)4-2/h6-9,17H,3-5,10H2,1-2H3. The normalized spacial score (nSPS) is 11.5. The van der Waals surface area contributed by atoms with Crippen LogP contribution in [0.15, 0.2) is 34.2 Å². The summed E-state index contributed by atoms with van der Waals surface area (Å²) in [6.07, 6.45) is 2.29. The molecule has 0 saturated carbocycles. The fraction of sp³-hybridized carbons (Fsp3) is 0.375. The number of hydrogen-bond donors (Lipinski definition) is 1. The molecule has 3 rings (SSSR count). The third-order valence-electron chi connectivity index (χ3n) is 3.62. The monoisotopic (exact) mass is 301 g/mol. The summed E-state index contributed by atoms with van der Waals surface area (Å²) in [6, 6.07) is 7.94. The maximum absolute atomic E-state index is 12.7. The van der Waals surface area contributed by atoms with Crippen LogP contribution in [0.2, 0.25) is 0 Å². The van der Waals surface area contributed by atoms with E-state index >= 15 is 0 Å². The molecule has 0 aliphatic rings. The van der Waals surface area contributed by atoms with Crippen LogP contribution in [-0.4, -0.2) is 20.3 Å². The number of unbranched alkanes of at least 4 members (excludes halogenated alkanes) is 1. The Kier molecular flexibility index (Phi) is 4.01. The Labute approximate surface area is 127 Å². The van der Waals surface area contributed by atoms with Gasteiger partial charge >= 0.3 is 0 Å². The largest absolute Gasteiger partial charge is 0.349 e. The van der Waals surface area contributed by atoms with Crippen molar-refractivity contribution in [3.8, 4) is 0 Å². The molecule has 0 aliphatic carbocycles. The van der Waals surface area contributed by atoms with Crippen molar-refractivity contribution in [3.05, 3.63) is 34.6 Å². The van der Waals surface area contributed by atoms with Crippen LogP contribution >= 0.6 is 11.8 Å². The Morgan fingerprint density at radius 1 is 1.29 bits per heavy atom. The number of rotatable bonds is 5. The smallest absolute Gasteiger partial charge is 0.278 e. The van der Waals surface area contributed by atoms with Crippen molar-refractivity contribution in [2.45, 2.75) is 38.4 Å². The summed E-state index contributed by atoms with van der Waals surface area (Å²) < 4.78 is 1.76. The Morgan fingerprint density at radius 3 is 2.86 bits per heavy atom. The molecule has 0 aliphatic heterocycles. The molecule has 110 valence electrons. The highest BCUT2D eigenvalue weighted by Gasteiger charge is 2.14. The van der Waals surface area contributed by atoms with Gasteiger partial charge in [-0.25, -0.2) is 4.98 Å². The van der Waals surface area contributed by atoms with Crippen LogP contribution in [0.5, 0.6) is 0 Å². The van der Waals surface area contributed by atoms with Gasteiger partial charge < -0.3 is 4.98 Å². The van der Waals surface area contributed by atoms with E-state index in [1.807, 2.05) is 31.2 Å². The number of nitrogens with zero attached hydrogens (tertiary/aromatic N) is 2. The van der Waals surface area contributed by atoms with E-state index in [0.717, 1.165) is 40.2 Å². The van der Waals surface area contributed by atoms with E-state index in [1.165, 1.54) is 0 Å². The number of aromatic nitrogens is 3. The summed E-state index contributed by atoms with van der Waals surface area (Å²) in [5.74, 6) is 0.997. The molecule has 1 N–H and O–H groups in total. The fourth-order valence-electron chi connectivity index (χ4n) is 2.47. The quantitative estimate of drug-likeness (QED) is 0.443. The first-order chi connectivity index (χ1) is 10.3. The van der Waals surface area contributed by atoms with Crippen molar-refractivity contribution < 1.29 is 0 Å². The Balaban J connectivity index is 2.22. The SMILES string of the molecule is CCCCSc1nc2c([nH]c3ccccc32)c(=O)n1CC. The average Bonchev–Trinajstić information content (AvgIpc) is 2.87. The Morgan fingerprint density at radius 2 is 2.10 bits per heavy atom. The maximum atomic E-state index is 12.7. The molecule has 0 fully saturated rings. The van der Waals surface area contributed by atoms with Gasteiger partial charge in [-0.2, -0.15) is 0 Å². The highest BCUT2D eigenvalue weighted by molar-refractivity contribution is 7.99. The maximum Gasteiger partial charge on any atom is 0.278 e. The minimum atomic E-state index is 0.0256. The van der Waals surface area contributed by atoms with E-state index in [9.17, 15) is 4.79 Å². The van der Waals surface area contributed by atoms with Gasteiger partial charge in [0.15, 0.2) is 5.16 Å². The minimum Gasteiger partial charge on any atom is -0.349 e. The van der Waals surface area contributed by atoms with Gasteiger partial charge in [0.05, 0.1) is 0 Å². The molecule has 5 heteroatoms. The summed E-state index contributed by atoms with van der Waals surface area (Å²) in [4.78, 5) is 20.6. The van der Waals surface area contributed by atoms with Crippen molar-refractivity contribution in [3.63, 3.8) is 0 Å². The number of fused-ring (bicyclic) bond motifs is 3. The van der Waals surface area contributed by atoms with Crippen molar-refractivity contribution in [1.29, 1.82) is 0 Å². The zero-order valence-electron chi connectivity index (χ0n) is 12.3. The zero-order valence-corrected chi connectivity index (χ0v) is 13.2. The molecule has 2 aromatic heterocycles. The van der Waals surface area contributed by atoms with E-state index in [0.29, 0.717) is 12.1 Å². The second-order valence-corrected chi connectivity index (χ2v) is 6.10. The van der Waals surface area contributed by atoms with Crippen LogP contribution in [0.1, 0.15) is 26.7 Å². The lowest BCUT2D eigenvalue weighted by atomic mass is 10.2. The molecular weight excluding hydrogens is 282 g/mol. The number of hydrogen-bond acceptors (Lipinski definition) is 3. The fourth-order valence-corrected chi connectivity index (χ4v) is 3.61. The molecule has 0 saturated heterocycles. The van der Waals surface area contributed by atoms with E-state index in [2.05, 4.69) is 11.9 Å². The minimum absolute atomic E-state index is 0.0256. The third-order valence-corrected chi connectivity index (χ3v) is 4.68. The molecular formula is C16H19N3OS. The van der Waals surface area contributed by atoms with Gasteiger partial charge in [-0.3, -0.25) is 9.36 Å². The number of aromatic amines is 1. The Bertz CT molecular complexity index is 835. The van der Waals surface area contributed by atoms with Gasteiger partial charge in [0.2, 0.25) is 0 Å². The van der Waals surface area contributed by atoms with Gasteiger partial charge in [-0.05, 0) is 19.4 Å². The molecule has 0 bridgehead atoms. The lowest BCUT2D eigenvalue weighted by Gasteiger charge is -2.09. The molecule has 0 atom stereocenters. The zero-order chi connectivity index (χ0) is 14.8. The van der Waals surface area contributed by atoms with Gasteiger partial charge in [0, 0.05) is 23.2 Å². The molecule has 0 radical (unpaired) electrons. The van der Waals surface area contributed by atoms with Crippen LogP contribution < -0.4 is 5.56 Å². The molecule has 1 aromatic carbocycles. The van der Waals surface area contributed by atoms with Crippen LogP contribution in [0.25, 0.3) is 21.9 Å². The van der Waals surface area contributed by atoms with Crippen molar-refractivity contribution in [2.24, 2.45) is 0 Å². The predicted octanol–water partition coefficient (Wildman–Crippen LogP) is 3.79. The highest BCUT2D eigenvalue weighted by atomic mass is 32.2.